The van der Waals surface area contributed by atoms with Crippen LogP contribution in [0.15, 0.2) is 12.1 Å². The Morgan fingerprint density at radius 3 is 2.55 bits per heavy atom. The molecule has 2 rings (SSSR count). The summed E-state index contributed by atoms with van der Waals surface area (Å²) in [6, 6.07) is 3.11. The number of nitrogen functional groups attached to an aromatic ring is 1. The minimum absolute atomic E-state index is 0.294. The van der Waals surface area contributed by atoms with Crippen LogP contribution in [0.1, 0.15) is 33.6 Å². The van der Waals surface area contributed by atoms with Crippen LogP contribution in [-0.4, -0.2) is 19.7 Å². The zero-order chi connectivity index (χ0) is 14.7. The van der Waals surface area contributed by atoms with Gasteiger partial charge in [0.25, 0.3) is 0 Å². The highest BCUT2D eigenvalue weighted by Gasteiger charge is 2.23. The zero-order valence-corrected chi connectivity index (χ0v) is 12.7. The molecule has 2 N–H and O–H groups in total. The minimum atomic E-state index is -0.384. The van der Waals surface area contributed by atoms with Crippen LogP contribution in [0.4, 0.5) is 15.8 Å². The first kappa shape index (κ1) is 14.9. The molecule has 1 fully saturated rings. The topological polar surface area (TPSA) is 38.5 Å². The molecule has 1 saturated heterocycles. The number of halogens is 1. The standard InChI is InChI=1S/C16H25FN2O/c1-4-20-16-10-15(14(18)9-13(16)17)19-7-5-12(6-8-19)11(2)3/h9-12H,4-8,18H2,1-3H3. The lowest BCUT2D eigenvalue weighted by Gasteiger charge is -2.36. The highest BCUT2D eigenvalue weighted by Crippen LogP contribution is 2.34. The summed E-state index contributed by atoms with van der Waals surface area (Å²) in [5, 5.41) is 0. The van der Waals surface area contributed by atoms with E-state index in [1.54, 1.807) is 6.07 Å². The fourth-order valence-electron chi connectivity index (χ4n) is 2.91. The van der Waals surface area contributed by atoms with E-state index in [1.807, 2.05) is 6.92 Å². The molecule has 0 aromatic heterocycles. The molecule has 0 aliphatic carbocycles. The minimum Gasteiger partial charge on any atom is -0.491 e. The van der Waals surface area contributed by atoms with Crippen LogP contribution >= 0.6 is 0 Å². The molecular formula is C16H25FN2O. The molecule has 1 aromatic carbocycles. The van der Waals surface area contributed by atoms with Crippen LogP contribution < -0.4 is 15.4 Å². The number of nitrogens with two attached hydrogens (primary N) is 1. The Hall–Kier alpha value is -1.45. The maximum absolute atomic E-state index is 13.7. The molecular weight excluding hydrogens is 255 g/mol. The van der Waals surface area contributed by atoms with Crippen molar-refractivity contribution < 1.29 is 9.13 Å². The first-order valence-corrected chi connectivity index (χ1v) is 7.49. The van der Waals surface area contributed by atoms with E-state index in [4.69, 9.17) is 10.5 Å². The maximum Gasteiger partial charge on any atom is 0.167 e. The molecule has 112 valence electrons. The second-order valence-electron chi connectivity index (χ2n) is 5.84. The zero-order valence-electron chi connectivity index (χ0n) is 12.7. The van der Waals surface area contributed by atoms with Gasteiger partial charge in [-0.1, -0.05) is 13.8 Å². The number of nitrogens with zero attached hydrogens (tertiary/aromatic N) is 1. The van der Waals surface area contributed by atoms with Crippen molar-refractivity contribution in [3.63, 3.8) is 0 Å². The van der Waals surface area contributed by atoms with Crippen molar-refractivity contribution in [1.29, 1.82) is 0 Å². The lowest BCUT2D eigenvalue weighted by molar-refractivity contribution is 0.310. The van der Waals surface area contributed by atoms with E-state index < -0.39 is 0 Å². The summed E-state index contributed by atoms with van der Waals surface area (Å²) in [5.74, 6) is 1.41. The van der Waals surface area contributed by atoms with Crippen LogP contribution in [0.3, 0.4) is 0 Å². The molecule has 0 atom stereocenters. The number of ether oxygens (including phenoxy) is 1. The summed E-state index contributed by atoms with van der Waals surface area (Å²) in [4.78, 5) is 2.25. The predicted molar refractivity (Wildman–Crippen MR) is 81.8 cm³/mol. The van der Waals surface area contributed by atoms with Crippen molar-refractivity contribution in [2.75, 3.05) is 30.3 Å². The van der Waals surface area contributed by atoms with Crippen molar-refractivity contribution in [2.45, 2.75) is 33.6 Å². The third kappa shape index (κ3) is 3.17. The second kappa shape index (κ2) is 6.33. The Kier molecular flexibility index (Phi) is 4.73. The summed E-state index contributed by atoms with van der Waals surface area (Å²) in [6.45, 7) is 8.81. The summed E-state index contributed by atoms with van der Waals surface area (Å²) >= 11 is 0. The first-order chi connectivity index (χ1) is 9.52. The number of piperidine rings is 1. The molecule has 1 aliphatic rings. The lowest BCUT2D eigenvalue weighted by atomic mass is 9.86. The number of anilines is 2. The molecule has 4 heteroatoms. The summed E-state index contributed by atoms with van der Waals surface area (Å²) in [7, 11) is 0. The average molecular weight is 280 g/mol. The third-order valence-corrected chi connectivity index (χ3v) is 4.20. The van der Waals surface area contributed by atoms with Crippen molar-refractivity contribution >= 4 is 11.4 Å². The molecule has 20 heavy (non-hydrogen) atoms. The molecule has 0 bridgehead atoms. The highest BCUT2D eigenvalue weighted by atomic mass is 19.1. The van der Waals surface area contributed by atoms with E-state index in [-0.39, 0.29) is 5.82 Å². The Bertz CT molecular complexity index is 454. The van der Waals surface area contributed by atoms with Crippen molar-refractivity contribution in [3.8, 4) is 5.75 Å². The lowest BCUT2D eigenvalue weighted by Crippen LogP contribution is -2.35. The summed E-state index contributed by atoms with van der Waals surface area (Å²) in [5.41, 5.74) is 7.37. The SMILES string of the molecule is CCOc1cc(N2CCC(C(C)C)CC2)c(N)cc1F. The molecule has 0 saturated carbocycles. The van der Waals surface area contributed by atoms with E-state index in [9.17, 15) is 4.39 Å². The van der Waals surface area contributed by atoms with Gasteiger partial charge in [-0.2, -0.15) is 0 Å². The van der Waals surface area contributed by atoms with Gasteiger partial charge in [-0.3, -0.25) is 0 Å². The van der Waals surface area contributed by atoms with Gasteiger partial charge in [-0.15, -0.1) is 0 Å². The van der Waals surface area contributed by atoms with E-state index in [1.165, 1.54) is 18.9 Å². The molecule has 1 aromatic rings. The molecule has 0 unspecified atom stereocenters. The molecule has 1 aliphatic heterocycles. The number of rotatable bonds is 4. The van der Waals surface area contributed by atoms with E-state index in [2.05, 4.69) is 18.7 Å². The molecule has 0 amide bonds. The second-order valence-corrected chi connectivity index (χ2v) is 5.84. The van der Waals surface area contributed by atoms with Gasteiger partial charge in [-0.05, 0) is 31.6 Å². The normalized spacial score (nSPS) is 16.8. The van der Waals surface area contributed by atoms with Crippen LogP contribution in [0, 0.1) is 17.7 Å². The fraction of sp³-hybridized carbons (Fsp3) is 0.625. The van der Waals surface area contributed by atoms with Crippen LogP contribution in [0.25, 0.3) is 0 Å². The van der Waals surface area contributed by atoms with Crippen molar-refractivity contribution in [1.82, 2.24) is 0 Å². The van der Waals surface area contributed by atoms with Gasteiger partial charge in [0.1, 0.15) is 0 Å². The Balaban J connectivity index is 2.15. The largest absolute Gasteiger partial charge is 0.491 e. The van der Waals surface area contributed by atoms with E-state index in [0.29, 0.717) is 18.0 Å². The monoisotopic (exact) mass is 280 g/mol. The molecule has 1 heterocycles. The van der Waals surface area contributed by atoms with Crippen LogP contribution in [0.2, 0.25) is 0 Å². The third-order valence-electron chi connectivity index (χ3n) is 4.20. The molecule has 0 spiro atoms. The van der Waals surface area contributed by atoms with E-state index >= 15 is 0 Å². The fourth-order valence-corrected chi connectivity index (χ4v) is 2.91. The predicted octanol–water partition coefficient (Wildman–Crippen LogP) is 3.68. The highest BCUT2D eigenvalue weighted by molar-refractivity contribution is 5.70. The first-order valence-electron chi connectivity index (χ1n) is 7.49. The maximum atomic E-state index is 13.7. The van der Waals surface area contributed by atoms with Gasteiger partial charge in [0.05, 0.1) is 18.0 Å². The van der Waals surface area contributed by atoms with Gasteiger partial charge >= 0.3 is 0 Å². The smallest absolute Gasteiger partial charge is 0.167 e. The van der Waals surface area contributed by atoms with Crippen LogP contribution in [0.5, 0.6) is 5.75 Å². The van der Waals surface area contributed by atoms with Gasteiger partial charge in [0.15, 0.2) is 11.6 Å². The summed E-state index contributed by atoms with van der Waals surface area (Å²) < 4.78 is 19.1. The Morgan fingerprint density at radius 1 is 1.35 bits per heavy atom. The van der Waals surface area contributed by atoms with Crippen LogP contribution in [-0.2, 0) is 0 Å². The quantitative estimate of drug-likeness (QED) is 0.855. The Labute approximate surface area is 120 Å². The Morgan fingerprint density at radius 2 is 2.00 bits per heavy atom. The molecule has 0 radical (unpaired) electrons. The van der Waals surface area contributed by atoms with Gasteiger partial charge in [0.2, 0.25) is 0 Å². The number of benzene rings is 1. The van der Waals surface area contributed by atoms with Gasteiger partial charge < -0.3 is 15.4 Å². The summed E-state index contributed by atoms with van der Waals surface area (Å²) in [6.07, 6.45) is 2.33. The molecule has 3 nitrogen and oxygen atoms in total. The van der Waals surface area contributed by atoms with E-state index in [0.717, 1.165) is 30.6 Å². The van der Waals surface area contributed by atoms with Crippen molar-refractivity contribution in [2.24, 2.45) is 11.8 Å². The average Bonchev–Trinajstić information content (AvgIpc) is 2.42. The number of hydrogen-bond donors (Lipinski definition) is 1. The number of hydrogen-bond acceptors (Lipinski definition) is 3. The van der Waals surface area contributed by atoms with Gasteiger partial charge in [-0.25, -0.2) is 4.39 Å². The van der Waals surface area contributed by atoms with Crippen molar-refractivity contribution in [3.05, 3.63) is 17.9 Å². The van der Waals surface area contributed by atoms with Gasteiger partial charge in [0, 0.05) is 25.2 Å².